The Morgan fingerprint density at radius 3 is 2.33 bits per heavy atom. The van der Waals surface area contributed by atoms with Crippen LogP contribution in [-0.4, -0.2) is 30.1 Å². The summed E-state index contributed by atoms with van der Waals surface area (Å²) in [4.78, 5) is 12.1. The number of allylic oxidation sites excluding steroid dienone is 4. The summed E-state index contributed by atoms with van der Waals surface area (Å²) in [6, 6.07) is 0. The van der Waals surface area contributed by atoms with Gasteiger partial charge >= 0.3 is 5.97 Å². The molecule has 0 spiro atoms. The highest BCUT2D eigenvalue weighted by molar-refractivity contribution is 5.86. The molecule has 0 aliphatic heterocycles. The summed E-state index contributed by atoms with van der Waals surface area (Å²) < 4.78 is 0. The number of aliphatic carboxylic acids is 1. The summed E-state index contributed by atoms with van der Waals surface area (Å²) in [5, 5.41) is 8.67. The van der Waals surface area contributed by atoms with Gasteiger partial charge in [0.2, 0.25) is 0 Å². The molecule has 0 atom stereocenters. The van der Waals surface area contributed by atoms with E-state index in [1.165, 1.54) is 11.0 Å². The van der Waals surface area contributed by atoms with Crippen LogP contribution in [0.5, 0.6) is 0 Å². The Labute approximate surface area is 72.3 Å². The normalized spacial score (nSPS) is 11.7. The van der Waals surface area contributed by atoms with Crippen LogP contribution in [0.4, 0.5) is 0 Å². The molecular weight excluding hydrogens is 154 g/mol. The molecule has 0 amide bonds. The Balaban J connectivity index is 4.50. The van der Waals surface area contributed by atoms with Crippen LogP contribution in [0.2, 0.25) is 0 Å². The molecule has 0 unspecified atom stereocenters. The van der Waals surface area contributed by atoms with Gasteiger partial charge in [0.25, 0.3) is 0 Å². The zero-order valence-electron chi connectivity index (χ0n) is 7.32. The lowest BCUT2D eigenvalue weighted by molar-refractivity contribution is -0.134. The number of rotatable bonds is 4. The van der Waals surface area contributed by atoms with Gasteiger partial charge in [0, 0.05) is 14.1 Å². The summed E-state index contributed by atoms with van der Waals surface area (Å²) >= 11 is 0. The van der Waals surface area contributed by atoms with E-state index in [0.717, 1.165) is 0 Å². The molecule has 3 nitrogen and oxygen atoms in total. The second-order valence-electron chi connectivity index (χ2n) is 2.37. The molecule has 0 aromatic rings. The average Bonchev–Trinajstić information content (AvgIpc) is 1.96. The fraction of sp³-hybridized carbons (Fsp3) is 0.222. The van der Waals surface area contributed by atoms with E-state index in [4.69, 9.17) is 5.11 Å². The number of nitrogens with zero attached hydrogens (tertiary/aromatic N) is 1. The summed E-state index contributed by atoms with van der Waals surface area (Å²) in [6.45, 7) is 3.47. The predicted molar refractivity (Wildman–Crippen MR) is 48.7 cm³/mol. The minimum Gasteiger partial charge on any atom is -0.477 e. The van der Waals surface area contributed by atoms with Crippen LogP contribution < -0.4 is 0 Å². The van der Waals surface area contributed by atoms with Crippen LogP contribution in [0.25, 0.3) is 0 Å². The Morgan fingerprint density at radius 2 is 2.00 bits per heavy atom. The van der Waals surface area contributed by atoms with Gasteiger partial charge in [0.1, 0.15) is 5.70 Å². The maximum Gasteiger partial charge on any atom is 0.352 e. The SMILES string of the molecule is C=C/C=C\C=C(\C(=O)O)N(C)C. The van der Waals surface area contributed by atoms with Crippen LogP contribution in [0.3, 0.4) is 0 Å². The lowest BCUT2D eigenvalue weighted by Crippen LogP contribution is -2.18. The van der Waals surface area contributed by atoms with Gasteiger partial charge < -0.3 is 10.0 Å². The van der Waals surface area contributed by atoms with E-state index in [9.17, 15) is 4.79 Å². The summed E-state index contributed by atoms with van der Waals surface area (Å²) in [7, 11) is 3.36. The van der Waals surface area contributed by atoms with Crippen LogP contribution in [0.1, 0.15) is 0 Å². The Morgan fingerprint density at radius 1 is 1.42 bits per heavy atom. The number of carboxylic acid groups (broad SMARTS) is 1. The molecular formula is C9H13NO2. The molecule has 0 radical (unpaired) electrons. The Kier molecular flexibility index (Phi) is 4.53. The minimum absolute atomic E-state index is 0.244. The highest BCUT2D eigenvalue weighted by Gasteiger charge is 2.06. The van der Waals surface area contributed by atoms with Crippen LogP contribution in [0, 0.1) is 0 Å². The second-order valence-corrected chi connectivity index (χ2v) is 2.37. The largest absolute Gasteiger partial charge is 0.477 e. The third-order valence-corrected chi connectivity index (χ3v) is 1.20. The molecule has 0 aliphatic carbocycles. The molecule has 0 aromatic heterocycles. The molecule has 0 fully saturated rings. The van der Waals surface area contributed by atoms with Crippen molar-refractivity contribution in [3.8, 4) is 0 Å². The van der Waals surface area contributed by atoms with Crippen molar-refractivity contribution in [1.82, 2.24) is 4.90 Å². The molecule has 0 rings (SSSR count). The van der Waals surface area contributed by atoms with Crippen molar-refractivity contribution in [2.75, 3.05) is 14.1 Å². The smallest absolute Gasteiger partial charge is 0.352 e. The zero-order valence-corrected chi connectivity index (χ0v) is 7.32. The first kappa shape index (κ1) is 10.5. The van der Waals surface area contributed by atoms with Gasteiger partial charge in [-0.15, -0.1) is 0 Å². The summed E-state index contributed by atoms with van der Waals surface area (Å²) in [6.07, 6.45) is 6.42. The molecule has 0 heterocycles. The number of likely N-dealkylation sites (N-methyl/N-ethyl adjacent to an activating group) is 1. The summed E-state index contributed by atoms with van der Waals surface area (Å²) in [5.74, 6) is -0.936. The molecule has 0 aliphatic rings. The van der Waals surface area contributed by atoms with Gasteiger partial charge in [-0.1, -0.05) is 24.8 Å². The first-order valence-electron chi connectivity index (χ1n) is 3.49. The number of carboxylic acids is 1. The quantitative estimate of drug-likeness (QED) is 0.506. The van der Waals surface area contributed by atoms with Gasteiger partial charge in [0.05, 0.1) is 0 Å². The molecule has 0 saturated carbocycles. The van der Waals surface area contributed by atoms with Gasteiger partial charge in [-0.3, -0.25) is 0 Å². The van der Waals surface area contributed by atoms with E-state index in [1.807, 2.05) is 0 Å². The molecule has 3 heteroatoms. The minimum atomic E-state index is -0.936. The van der Waals surface area contributed by atoms with Crippen LogP contribution in [0.15, 0.2) is 36.6 Å². The van der Waals surface area contributed by atoms with Crippen LogP contribution >= 0.6 is 0 Å². The van der Waals surface area contributed by atoms with Gasteiger partial charge in [-0.25, -0.2) is 4.79 Å². The third-order valence-electron chi connectivity index (χ3n) is 1.20. The number of hydrogen-bond donors (Lipinski definition) is 1. The molecule has 0 saturated heterocycles. The maximum atomic E-state index is 10.6. The van der Waals surface area contributed by atoms with Gasteiger partial charge in [0.15, 0.2) is 0 Å². The van der Waals surface area contributed by atoms with E-state index >= 15 is 0 Å². The lowest BCUT2D eigenvalue weighted by atomic mass is 10.3. The van der Waals surface area contributed by atoms with Crippen molar-refractivity contribution >= 4 is 5.97 Å². The number of carbonyl (C=O) groups is 1. The van der Waals surface area contributed by atoms with E-state index in [0.29, 0.717) is 0 Å². The third kappa shape index (κ3) is 3.61. The molecule has 1 N–H and O–H groups in total. The van der Waals surface area contributed by atoms with Gasteiger partial charge in [-0.2, -0.15) is 0 Å². The lowest BCUT2D eigenvalue weighted by Gasteiger charge is -2.11. The number of hydrogen-bond acceptors (Lipinski definition) is 2. The van der Waals surface area contributed by atoms with Crippen LogP contribution in [-0.2, 0) is 4.79 Å². The van der Waals surface area contributed by atoms with E-state index < -0.39 is 5.97 Å². The van der Waals surface area contributed by atoms with E-state index in [2.05, 4.69) is 6.58 Å². The Hall–Kier alpha value is -1.51. The first-order chi connectivity index (χ1) is 5.59. The first-order valence-corrected chi connectivity index (χ1v) is 3.49. The monoisotopic (exact) mass is 167 g/mol. The fourth-order valence-corrected chi connectivity index (χ4v) is 0.637. The van der Waals surface area contributed by atoms with E-state index in [-0.39, 0.29) is 5.70 Å². The molecule has 12 heavy (non-hydrogen) atoms. The van der Waals surface area contributed by atoms with Crippen molar-refractivity contribution in [3.63, 3.8) is 0 Å². The highest BCUT2D eigenvalue weighted by atomic mass is 16.4. The molecule has 0 aromatic carbocycles. The second kappa shape index (κ2) is 5.18. The van der Waals surface area contributed by atoms with E-state index in [1.54, 1.807) is 32.3 Å². The van der Waals surface area contributed by atoms with Crippen molar-refractivity contribution in [2.45, 2.75) is 0 Å². The highest BCUT2D eigenvalue weighted by Crippen LogP contribution is 1.98. The maximum absolute atomic E-state index is 10.6. The fourth-order valence-electron chi connectivity index (χ4n) is 0.637. The van der Waals surface area contributed by atoms with Crippen molar-refractivity contribution in [3.05, 3.63) is 36.6 Å². The zero-order chi connectivity index (χ0) is 9.56. The topological polar surface area (TPSA) is 40.5 Å². The van der Waals surface area contributed by atoms with Crippen molar-refractivity contribution < 1.29 is 9.90 Å². The summed E-state index contributed by atoms with van der Waals surface area (Å²) in [5.41, 5.74) is 0.244. The van der Waals surface area contributed by atoms with Crippen molar-refractivity contribution in [1.29, 1.82) is 0 Å². The molecule has 0 bridgehead atoms. The Bertz CT molecular complexity index is 227. The average molecular weight is 167 g/mol. The van der Waals surface area contributed by atoms with Gasteiger partial charge in [-0.05, 0) is 6.08 Å². The standard InChI is InChI=1S/C9H13NO2/c1-4-5-6-7-8(9(11)12)10(2)3/h4-7H,1H2,2-3H3,(H,11,12)/b6-5-,8-7-. The molecule has 66 valence electrons. The van der Waals surface area contributed by atoms with Crippen molar-refractivity contribution in [2.24, 2.45) is 0 Å². The predicted octanol–water partition coefficient (Wildman–Crippen LogP) is 1.26.